The average Bonchev–Trinajstić information content (AvgIpc) is 2.73. The largest absolute Gasteiger partial charge is 0.389 e. The highest BCUT2D eigenvalue weighted by molar-refractivity contribution is 8.01. The zero-order valence-corrected chi connectivity index (χ0v) is 10.8. The van der Waals surface area contributed by atoms with Crippen molar-refractivity contribution in [1.82, 2.24) is 10.2 Å². The molecule has 2 aromatic rings. The molecule has 2 rings (SSSR count). The predicted octanol–water partition coefficient (Wildman–Crippen LogP) is 3.40. The van der Waals surface area contributed by atoms with Gasteiger partial charge in [0.2, 0.25) is 0 Å². The number of benzene rings is 1. The lowest BCUT2D eigenvalue weighted by Crippen LogP contribution is -1.90. The summed E-state index contributed by atoms with van der Waals surface area (Å²) in [5.41, 5.74) is 2.49. The van der Waals surface area contributed by atoms with Gasteiger partial charge in [0.1, 0.15) is 5.51 Å². The van der Waals surface area contributed by atoms with Crippen LogP contribution in [0.1, 0.15) is 18.6 Å². The summed E-state index contributed by atoms with van der Waals surface area (Å²) in [5, 5.41) is 17.7. The van der Waals surface area contributed by atoms with Crippen molar-refractivity contribution in [3.8, 4) is 0 Å². The molecule has 0 bridgehead atoms. The van der Waals surface area contributed by atoms with E-state index in [0.717, 1.165) is 14.8 Å². The SMILES string of the molecule is C[C@H](O)c1ccc(Sc2nncs2)c(Cl)c1. The first-order chi connectivity index (χ1) is 7.66. The number of nitrogens with zero attached hydrogens (tertiary/aromatic N) is 2. The van der Waals surface area contributed by atoms with E-state index in [2.05, 4.69) is 10.2 Å². The van der Waals surface area contributed by atoms with Crippen molar-refractivity contribution in [2.45, 2.75) is 22.3 Å². The van der Waals surface area contributed by atoms with Gasteiger partial charge in [-0.1, -0.05) is 40.8 Å². The first-order valence-electron chi connectivity index (χ1n) is 4.58. The Bertz CT molecular complexity index is 474. The fraction of sp³-hybridized carbons (Fsp3) is 0.200. The second-order valence-electron chi connectivity index (χ2n) is 3.17. The van der Waals surface area contributed by atoms with Gasteiger partial charge in [-0.15, -0.1) is 10.2 Å². The molecule has 0 unspecified atom stereocenters. The second-order valence-corrected chi connectivity index (χ2v) is 5.70. The molecular formula is C10H9ClN2OS2. The van der Waals surface area contributed by atoms with Crippen LogP contribution in [0.4, 0.5) is 0 Å². The Kier molecular flexibility index (Phi) is 3.81. The van der Waals surface area contributed by atoms with E-state index in [0.29, 0.717) is 5.02 Å². The molecule has 1 heterocycles. The molecule has 1 N–H and O–H groups in total. The molecule has 0 aliphatic rings. The van der Waals surface area contributed by atoms with Crippen molar-refractivity contribution in [2.75, 3.05) is 0 Å². The van der Waals surface area contributed by atoms with E-state index in [1.165, 1.54) is 23.1 Å². The molecule has 6 heteroatoms. The van der Waals surface area contributed by atoms with Crippen molar-refractivity contribution in [3.05, 3.63) is 34.3 Å². The third-order valence-electron chi connectivity index (χ3n) is 1.98. The molecule has 0 fully saturated rings. The minimum atomic E-state index is -0.502. The summed E-state index contributed by atoms with van der Waals surface area (Å²) >= 11 is 9.06. The minimum absolute atomic E-state index is 0.502. The van der Waals surface area contributed by atoms with Crippen LogP contribution in [-0.2, 0) is 0 Å². The third-order valence-corrected chi connectivity index (χ3v) is 4.25. The highest BCUT2D eigenvalue weighted by atomic mass is 35.5. The third kappa shape index (κ3) is 2.74. The van der Waals surface area contributed by atoms with Crippen LogP contribution < -0.4 is 0 Å². The smallest absolute Gasteiger partial charge is 0.178 e. The lowest BCUT2D eigenvalue weighted by Gasteiger charge is -2.07. The number of aliphatic hydroxyl groups is 1. The van der Waals surface area contributed by atoms with Gasteiger partial charge in [-0.3, -0.25) is 0 Å². The Morgan fingerprint density at radius 3 is 2.88 bits per heavy atom. The van der Waals surface area contributed by atoms with E-state index in [1.807, 2.05) is 12.1 Å². The fourth-order valence-corrected chi connectivity index (χ4v) is 2.90. The van der Waals surface area contributed by atoms with Crippen LogP contribution in [-0.4, -0.2) is 15.3 Å². The van der Waals surface area contributed by atoms with Gasteiger partial charge in [0.05, 0.1) is 11.1 Å². The number of hydrogen-bond acceptors (Lipinski definition) is 5. The van der Waals surface area contributed by atoms with Crippen LogP contribution in [0.3, 0.4) is 0 Å². The first-order valence-corrected chi connectivity index (χ1v) is 6.66. The topological polar surface area (TPSA) is 46.0 Å². The molecule has 16 heavy (non-hydrogen) atoms. The predicted molar refractivity (Wildman–Crippen MR) is 66.1 cm³/mol. The van der Waals surface area contributed by atoms with Crippen LogP contribution in [0.2, 0.25) is 5.02 Å². The Balaban J connectivity index is 2.23. The quantitative estimate of drug-likeness (QED) is 0.930. The lowest BCUT2D eigenvalue weighted by molar-refractivity contribution is 0.199. The van der Waals surface area contributed by atoms with Gasteiger partial charge in [0.25, 0.3) is 0 Å². The Morgan fingerprint density at radius 2 is 2.31 bits per heavy atom. The minimum Gasteiger partial charge on any atom is -0.389 e. The van der Waals surface area contributed by atoms with E-state index in [1.54, 1.807) is 18.5 Å². The molecule has 0 aliphatic carbocycles. The summed E-state index contributed by atoms with van der Waals surface area (Å²) in [6.45, 7) is 1.71. The average molecular weight is 273 g/mol. The second kappa shape index (κ2) is 5.14. The summed E-state index contributed by atoms with van der Waals surface area (Å²) in [6, 6.07) is 5.52. The molecule has 0 saturated carbocycles. The molecule has 0 spiro atoms. The van der Waals surface area contributed by atoms with E-state index < -0.39 is 6.10 Å². The van der Waals surface area contributed by atoms with E-state index >= 15 is 0 Å². The molecule has 1 aromatic heterocycles. The summed E-state index contributed by atoms with van der Waals surface area (Å²) in [6.07, 6.45) is -0.502. The maximum atomic E-state index is 9.41. The summed E-state index contributed by atoms with van der Waals surface area (Å²) in [5.74, 6) is 0. The van der Waals surface area contributed by atoms with Gasteiger partial charge in [0.15, 0.2) is 4.34 Å². The number of rotatable bonds is 3. The molecular weight excluding hydrogens is 264 g/mol. The summed E-state index contributed by atoms with van der Waals surface area (Å²) in [7, 11) is 0. The highest BCUT2D eigenvalue weighted by Crippen LogP contribution is 2.35. The fourth-order valence-electron chi connectivity index (χ4n) is 1.16. The Morgan fingerprint density at radius 1 is 1.50 bits per heavy atom. The van der Waals surface area contributed by atoms with Gasteiger partial charge < -0.3 is 5.11 Å². The zero-order valence-electron chi connectivity index (χ0n) is 8.42. The molecule has 0 radical (unpaired) electrons. The number of aliphatic hydroxyl groups excluding tert-OH is 1. The molecule has 1 aromatic carbocycles. The van der Waals surface area contributed by atoms with Crippen LogP contribution in [0.15, 0.2) is 32.9 Å². The van der Waals surface area contributed by atoms with Crippen LogP contribution in [0, 0.1) is 0 Å². The normalized spacial score (nSPS) is 12.7. The molecule has 0 amide bonds. The van der Waals surface area contributed by atoms with Gasteiger partial charge in [0, 0.05) is 4.90 Å². The number of aromatic nitrogens is 2. The number of halogens is 1. The molecule has 1 atom stereocenters. The van der Waals surface area contributed by atoms with Crippen LogP contribution in [0.5, 0.6) is 0 Å². The molecule has 0 aliphatic heterocycles. The number of hydrogen-bond donors (Lipinski definition) is 1. The van der Waals surface area contributed by atoms with Gasteiger partial charge in [-0.05, 0) is 24.6 Å². The zero-order chi connectivity index (χ0) is 11.5. The standard InChI is InChI=1S/C10H9ClN2OS2/c1-6(14)7-2-3-9(8(11)4-7)16-10-13-12-5-15-10/h2-6,14H,1H3/t6-/m0/s1. The van der Waals surface area contributed by atoms with E-state index in [-0.39, 0.29) is 0 Å². The summed E-state index contributed by atoms with van der Waals surface area (Å²) < 4.78 is 0.853. The monoisotopic (exact) mass is 272 g/mol. The van der Waals surface area contributed by atoms with Gasteiger partial charge >= 0.3 is 0 Å². The summed E-state index contributed by atoms with van der Waals surface area (Å²) in [4.78, 5) is 0.919. The maximum Gasteiger partial charge on any atom is 0.178 e. The van der Waals surface area contributed by atoms with Crippen molar-refractivity contribution in [2.24, 2.45) is 0 Å². The lowest BCUT2D eigenvalue weighted by atomic mass is 10.1. The van der Waals surface area contributed by atoms with Gasteiger partial charge in [-0.25, -0.2) is 0 Å². The molecule has 84 valence electrons. The van der Waals surface area contributed by atoms with Crippen molar-refractivity contribution in [1.29, 1.82) is 0 Å². The molecule has 3 nitrogen and oxygen atoms in total. The highest BCUT2D eigenvalue weighted by Gasteiger charge is 2.08. The molecule has 0 saturated heterocycles. The van der Waals surface area contributed by atoms with Crippen molar-refractivity contribution >= 4 is 34.7 Å². The first kappa shape index (κ1) is 11.9. The van der Waals surface area contributed by atoms with Crippen molar-refractivity contribution < 1.29 is 5.11 Å². The maximum absolute atomic E-state index is 9.41. The van der Waals surface area contributed by atoms with Crippen LogP contribution >= 0.6 is 34.7 Å². The van der Waals surface area contributed by atoms with E-state index in [9.17, 15) is 5.11 Å². The van der Waals surface area contributed by atoms with Crippen LogP contribution in [0.25, 0.3) is 0 Å². The van der Waals surface area contributed by atoms with Crippen molar-refractivity contribution in [3.63, 3.8) is 0 Å². The Labute approximate surface area is 106 Å². The van der Waals surface area contributed by atoms with E-state index in [4.69, 9.17) is 11.6 Å². The Hall–Kier alpha value is -0.620. The van der Waals surface area contributed by atoms with Gasteiger partial charge in [-0.2, -0.15) is 0 Å².